The lowest BCUT2D eigenvalue weighted by molar-refractivity contribution is 0.0469. The van der Waals surface area contributed by atoms with E-state index in [0.29, 0.717) is 36.6 Å². The molecule has 0 atom stereocenters. The van der Waals surface area contributed by atoms with Crippen LogP contribution in [0.3, 0.4) is 0 Å². The third-order valence-corrected chi connectivity index (χ3v) is 7.63. The Bertz CT molecular complexity index is 1140. The van der Waals surface area contributed by atoms with Gasteiger partial charge in [0.15, 0.2) is 5.78 Å². The molecule has 9 heteroatoms. The van der Waals surface area contributed by atoms with E-state index in [1.807, 2.05) is 6.92 Å². The van der Waals surface area contributed by atoms with Gasteiger partial charge >= 0.3 is 5.97 Å². The summed E-state index contributed by atoms with van der Waals surface area (Å²) >= 11 is 0. The average Bonchev–Trinajstić information content (AvgIpc) is 3.13. The van der Waals surface area contributed by atoms with Gasteiger partial charge in [0.1, 0.15) is 23.0 Å². The van der Waals surface area contributed by atoms with Crippen molar-refractivity contribution in [2.24, 2.45) is 0 Å². The van der Waals surface area contributed by atoms with Crippen molar-refractivity contribution >= 4 is 21.8 Å². The minimum atomic E-state index is -3.84. The van der Waals surface area contributed by atoms with E-state index in [0.717, 1.165) is 25.7 Å². The van der Waals surface area contributed by atoms with Crippen molar-refractivity contribution in [3.8, 4) is 11.5 Å². The number of carbonyl (C=O) groups excluding carboxylic acids is 2. The van der Waals surface area contributed by atoms with E-state index in [2.05, 4.69) is 0 Å². The molecule has 0 N–H and O–H groups in total. The molecule has 184 valence electrons. The Labute approximate surface area is 200 Å². The molecule has 34 heavy (non-hydrogen) atoms. The zero-order valence-electron chi connectivity index (χ0n) is 19.8. The fourth-order valence-corrected chi connectivity index (χ4v) is 5.56. The topological polar surface area (TPSA) is 99.2 Å². The maximum absolute atomic E-state index is 13.3. The SMILES string of the molecule is CCOc1ccc(C(C)=O)cc1COC(=O)c1ccc(OC)c(S(=O)(=O)N2CCCCCC2)c1. The summed E-state index contributed by atoms with van der Waals surface area (Å²) in [6.07, 6.45) is 3.57. The number of ether oxygens (including phenoxy) is 3. The minimum Gasteiger partial charge on any atom is -0.495 e. The van der Waals surface area contributed by atoms with E-state index in [1.54, 1.807) is 18.2 Å². The quantitative estimate of drug-likeness (QED) is 0.384. The van der Waals surface area contributed by atoms with Gasteiger partial charge in [-0.2, -0.15) is 4.31 Å². The lowest BCUT2D eigenvalue weighted by Crippen LogP contribution is -2.32. The zero-order chi connectivity index (χ0) is 24.7. The Kier molecular flexibility index (Phi) is 8.68. The molecule has 1 saturated heterocycles. The summed E-state index contributed by atoms with van der Waals surface area (Å²) in [5.74, 6) is -0.118. The highest BCUT2D eigenvalue weighted by atomic mass is 32.2. The van der Waals surface area contributed by atoms with Crippen molar-refractivity contribution in [2.45, 2.75) is 51.0 Å². The molecule has 2 aromatic rings. The van der Waals surface area contributed by atoms with Crippen molar-refractivity contribution in [3.05, 3.63) is 53.1 Å². The predicted molar refractivity (Wildman–Crippen MR) is 127 cm³/mol. The molecular weight excluding hydrogens is 458 g/mol. The predicted octanol–water partition coefficient (Wildman–Crippen LogP) is 4.22. The molecule has 1 aliphatic heterocycles. The number of methoxy groups -OCH3 is 1. The van der Waals surface area contributed by atoms with E-state index in [-0.39, 0.29) is 28.6 Å². The first-order valence-corrected chi connectivity index (χ1v) is 12.8. The third kappa shape index (κ3) is 5.95. The Balaban J connectivity index is 1.85. The van der Waals surface area contributed by atoms with Crippen LogP contribution in [-0.2, 0) is 21.4 Å². The number of hydrogen-bond acceptors (Lipinski definition) is 7. The first kappa shape index (κ1) is 25.7. The van der Waals surface area contributed by atoms with Gasteiger partial charge in [0, 0.05) is 24.2 Å². The van der Waals surface area contributed by atoms with Crippen molar-refractivity contribution < 1.29 is 32.2 Å². The summed E-state index contributed by atoms with van der Waals surface area (Å²) in [7, 11) is -2.44. The van der Waals surface area contributed by atoms with Gasteiger partial charge in [-0.3, -0.25) is 4.79 Å². The normalized spacial score (nSPS) is 14.8. The molecule has 0 aliphatic carbocycles. The van der Waals surface area contributed by atoms with Crippen LogP contribution in [0.2, 0.25) is 0 Å². The van der Waals surface area contributed by atoms with E-state index in [4.69, 9.17) is 14.2 Å². The minimum absolute atomic E-state index is 0.0556. The second-order valence-electron chi connectivity index (χ2n) is 8.07. The molecule has 1 fully saturated rings. The summed E-state index contributed by atoms with van der Waals surface area (Å²) in [5, 5.41) is 0. The highest BCUT2D eigenvalue weighted by molar-refractivity contribution is 7.89. The number of nitrogens with zero attached hydrogens (tertiary/aromatic N) is 1. The lowest BCUT2D eigenvalue weighted by Gasteiger charge is -2.21. The number of hydrogen-bond donors (Lipinski definition) is 0. The zero-order valence-corrected chi connectivity index (χ0v) is 20.7. The van der Waals surface area contributed by atoms with Gasteiger partial charge in [0.05, 0.1) is 19.3 Å². The smallest absolute Gasteiger partial charge is 0.338 e. The molecule has 0 aromatic heterocycles. The Morgan fingerprint density at radius 1 is 0.941 bits per heavy atom. The van der Waals surface area contributed by atoms with Crippen LogP contribution in [0.25, 0.3) is 0 Å². The second kappa shape index (κ2) is 11.5. The molecule has 2 aromatic carbocycles. The van der Waals surface area contributed by atoms with Crippen LogP contribution >= 0.6 is 0 Å². The fraction of sp³-hybridized carbons (Fsp3) is 0.440. The fourth-order valence-electron chi connectivity index (χ4n) is 3.86. The van der Waals surface area contributed by atoms with Crippen LogP contribution in [0.1, 0.15) is 65.8 Å². The monoisotopic (exact) mass is 489 g/mol. The number of ketones is 1. The van der Waals surface area contributed by atoms with Gasteiger partial charge in [0.25, 0.3) is 0 Å². The number of Topliss-reactive ketones (excluding diaryl/α,β-unsaturated/α-hetero) is 1. The van der Waals surface area contributed by atoms with E-state index in [9.17, 15) is 18.0 Å². The Hall–Kier alpha value is -2.91. The molecule has 0 saturated carbocycles. The molecule has 8 nitrogen and oxygen atoms in total. The van der Waals surface area contributed by atoms with Gasteiger partial charge in [-0.25, -0.2) is 13.2 Å². The van der Waals surface area contributed by atoms with E-state index < -0.39 is 16.0 Å². The van der Waals surface area contributed by atoms with Gasteiger partial charge in [0.2, 0.25) is 10.0 Å². The Morgan fingerprint density at radius 3 is 2.21 bits per heavy atom. The number of carbonyl (C=O) groups is 2. The summed E-state index contributed by atoms with van der Waals surface area (Å²) in [5.41, 5.74) is 1.12. The van der Waals surface area contributed by atoms with E-state index >= 15 is 0 Å². The second-order valence-corrected chi connectivity index (χ2v) is 9.98. The molecule has 0 bridgehead atoms. The van der Waals surface area contributed by atoms with Crippen molar-refractivity contribution in [1.29, 1.82) is 0 Å². The van der Waals surface area contributed by atoms with Crippen molar-refractivity contribution in [2.75, 3.05) is 26.8 Å². The maximum Gasteiger partial charge on any atom is 0.338 e. The number of sulfonamides is 1. The largest absolute Gasteiger partial charge is 0.495 e. The van der Waals surface area contributed by atoms with Crippen molar-refractivity contribution in [3.63, 3.8) is 0 Å². The Morgan fingerprint density at radius 2 is 1.59 bits per heavy atom. The highest BCUT2D eigenvalue weighted by Gasteiger charge is 2.29. The van der Waals surface area contributed by atoms with Crippen LogP contribution in [0.15, 0.2) is 41.3 Å². The van der Waals surface area contributed by atoms with Crippen LogP contribution in [0.4, 0.5) is 0 Å². The maximum atomic E-state index is 13.3. The van der Waals surface area contributed by atoms with Crippen molar-refractivity contribution in [1.82, 2.24) is 4.31 Å². The van der Waals surface area contributed by atoms with Crippen LogP contribution < -0.4 is 9.47 Å². The third-order valence-electron chi connectivity index (χ3n) is 5.71. The van der Waals surface area contributed by atoms with Gasteiger partial charge < -0.3 is 14.2 Å². The summed E-state index contributed by atoms with van der Waals surface area (Å²) in [4.78, 5) is 24.5. The van der Waals surface area contributed by atoms with Gasteiger partial charge in [-0.05, 0) is 63.1 Å². The molecule has 0 amide bonds. The number of benzene rings is 2. The number of rotatable bonds is 9. The van der Waals surface area contributed by atoms with Crippen LogP contribution in [-0.4, -0.2) is 51.3 Å². The molecule has 0 spiro atoms. The molecule has 3 rings (SSSR count). The van der Waals surface area contributed by atoms with Crippen LogP contribution in [0.5, 0.6) is 11.5 Å². The first-order chi connectivity index (χ1) is 16.3. The van der Waals surface area contributed by atoms with Gasteiger partial charge in [-0.1, -0.05) is 12.8 Å². The average molecular weight is 490 g/mol. The molecule has 0 unspecified atom stereocenters. The summed E-state index contributed by atoms with van der Waals surface area (Å²) in [6, 6.07) is 9.19. The van der Waals surface area contributed by atoms with E-state index in [1.165, 1.54) is 36.5 Å². The molecule has 1 aliphatic rings. The number of esters is 1. The molecule has 0 radical (unpaired) electrons. The summed E-state index contributed by atoms with van der Waals surface area (Å²) < 4.78 is 44.5. The van der Waals surface area contributed by atoms with Crippen LogP contribution in [0, 0.1) is 0 Å². The lowest BCUT2D eigenvalue weighted by atomic mass is 10.1. The standard InChI is InChI=1S/C25H31NO7S/c1-4-32-22-11-9-19(18(2)27)15-21(22)17-33-25(28)20-10-12-23(31-3)24(16-20)34(29,30)26-13-7-5-6-8-14-26/h9-12,15-16H,4-8,13-14,17H2,1-3H3. The first-order valence-electron chi connectivity index (χ1n) is 11.4. The van der Waals surface area contributed by atoms with Gasteiger partial charge in [-0.15, -0.1) is 0 Å². The molecule has 1 heterocycles. The molecular formula is C25H31NO7S. The summed E-state index contributed by atoms with van der Waals surface area (Å²) in [6.45, 7) is 4.44. The highest BCUT2D eigenvalue weighted by Crippen LogP contribution is 2.30.